The quantitative estimate of drug-likeness (QED) is 0.678. The van der Waals surface area contributed by atoms with Crippen molar-refractivity contribution in [3.8, 4) is 0 Å². The molecule has 152 valence electrons. The summed E-state index contributed by atoms with van der Waals surface area (Å²) in [6.45, 7) is 9.47. The highest BCUT2D eigenvalue weighted by atomic mass is 16.4. The van der Waals surface area contributed by atoms with Crippen molar-refractivity contribution in [3.63, 3.8) is 0 Å². The molecule has 5 heteroatoms. The number of rotatable bonds is 6. The first-order valence-electron chi connectivity index (χ1n) is 10.3. The third-order valence-corrected chi connectivity index (χ3v) is 5.41. The lowest BCUT2D eigenvalue weighted by atomic mass is 9.98. The lowest BCUT2D eigenvalue weighted by Gasteiger charge is -2.37. The van der Waals surface area contributed by atoms with Crippen LogP contribution in [0, 0.1) is 12.8 Å². The van der Waals surface area contributed by atoms with Crippen LogP contribution >= 0.6 is 0 Å². The van der Waals surface area contributed by atoms with Gasteiger partial charge < -0.3 is 14.3 Å². The highest BCUT2D eigenvalue weighted by molar-refractivity contribution is 5.91. The number of nitrogens with one attached hydrogen (secondary N) is 1. The van der Waals surface area contributed by atoms with Gasteiger partial charge >= 0.3 is 0 Å². The number of hydrogen-bond donors (Lipinski definition) is 1. The van der Waals surface area contributed by atoms with Crippen LogP contribution in [0.5, 0.6) is 0 Å². The smallest absolute Gasteiger partial charge is 0.287 e. The van der Waals surface area contributed by atoms with Crippen molar-refractivity contribution in [2.75, 3.05) is 13.1 Å². The number of amides is 1. The van der Waals surface area contributed by atoms with E-state index < -0.39 is 0 Å². The molecule has 29 heavy (non-hydrogen) atoms. The van der Waals surface area contributed by atoms with Gasteiger partial charge in [0.2, 0.25) is 0 Å². The molecule has 5 nitrogen and oxygen atoms in total. The van der Waals surface area contributed by atoms with Crippen molar-refractivity contribution >= 4 is 5.91 Å². The molecule has 2 aromatic heterocycles. The second-order valence-corrected chi connectivity index (χ2v) is 8.28. The SMILES string of the molecule is Cc1cccc([C@H]2c3cccn3CCN2Cc2ccc(C(=O)NCC(C)C)o2)c1. The number of aryl methyl sites for hydroxylation is 1. The van der Waals surface area contributed by atoms with E-state index in [1.54, 1.807) is 6.07 Å². The summed E-state index contributed by atoms with van der Waals surface area (Å²) >= 11 is 0. The van der Waals surface area contributed by atoms with Gasteiger partial charge in [-0.25, -0.2) is 0 Å². The average molecular weight is 392 g/mol. The lowest BCUT2D eigenvalue weighted by Crippen LogP contribution is -2.37. The van der Waals surface area contributed by atoms with Crippen LogP contribution in [-0.2, 0) is 13.1 Å². The van der Waals surface area contributed by atoms with Crippen molar-refractivity contribution in [1.29, 1.82) is 0 Å². The Bertz CT molecular complexity index is 985. The van der Waals surface area contributed by atoms with Gasteiger partial charge in [0.15, 0.2) is 5.76 Å². The van der Waals surface area contributed by atoms with Crippen molar-refractivity contribution in [3.05, 3.63) is 83.1 Å². The summed E-state index contributed by atoms with van der Waals surface area (Å²) in [5.41, 5.74) is 3.84. The Labute approximate surface area is 172 Å². The standard InChI is InChI=1S/C24H29N3O2/c1-17(2)15-25-24(28)22-10-9-20(29-22)16-27-13-12-26-11-5-8-21(26)23(27)19-7-4-6-18(3)14-19/h4-11,14,17,23H,12-13,15-16H2,1-3H3,(H,25,28)/t23-/m0/s1. The Morgan fingerprint density at radius 3 is 2.83 bits per heavy atom. The largest absolute Gasteiger partial charge is 0.455 e. The van der Waals surface area contributed by atoms with Crippen LogP contribution in [0.15, 0.2) is 59.1 Å². The van der Waals surface area contributed by atoms with Crippen molar-refractivity contribution in [2.24, 2.45) is 5.92 Å². The molecular formula is C24H29N3O2. The first-order valence-corrected chi connectivity index (χ1v) is 10.3. The molecule has 0 bridgehead atoms. The third kappa shape index (κ3) is 4.30. The van der Waals surface area contributed by atoms with E-state index in [-0.39, 0.29) is 11.9 Å². The molecule has 0 spiro atoms. The zero-order chi connectivity index (χ0) is 20.4. The zero-order valence-electron chi connectivity index (χ0n) is 17.4. The number of furan rings is 1. The Hall–Kier alpha value is -2.79. The van der Waals surface area contributed by atoms with Crippen molar-refractivity contribution < 1.29 is 9.21 Å². The van der Waals surface area contributed by atoms with Gasteiger partial charge in [-0.3, -0.25) is 9.69 Å². The molecule has 0 saturated heterocycles. The van der Waals surface area contributed by atoms with Crippen LogP contribution in [0.4, 0.5) is 0 Å². The fraction of sp³-hybridized carbons (Fsp3) is 0.375. The lowest BCUT2D eigenvalue weighted by molar-refractivity contribution is 0.0914. The number of hydrogen-bond acceptors (Lipinski definition) is 3. The number of benzene rings is 1. The maximum Gasteiger partial charge on any atom is 0.287 e. The van der Waals surface area contributed by atoms with Crippen LogP contribution in [-0.4, -0.2) is 28.5 Å². The minimum Gasteiger partial charge on any atom is -0.455 e. The Balaban J connectivity index is 1.55. The number of nitrogens with zero attached hydrogens (tertiary/aromatic N) is 2. The maximum atomic E-state index is 12.3. The summed E-state index contributed by atoms with van der Waals surface area (Å²) in [7, 11) is 0. The summed E-state index contributed by atoms with van der Waals surface area (Å²) in [6.07, 6.45) is 2.15. The molecule has 1 aromatic carbocycles. The number of carbonyl (C=O) groups excluding carboxylic acids is 1. The van der Waals surface area contributed by atoms with Gasteiger partial charge in [-0.15, -0.1) is 0 Å². The summed E-state index contributed by atoms with van der Waals surface area (Å²) in [5, 5.41) is 2.92. The molecule has 0 unspecified atom stereocenters. The molecule has 3 aromatic rings. The predicted octanol–water partition coefficient (Wildman–Crippen LogP) is 4.38. The van der Waals surface area contributed by atoms with E-state index >= 15 is 0 Å². The average Bonchev–Trinajstić information content (AvgIpc) is 3.35. The van der Waals surface area contributed by atoms with Crippen LogP contribution in [0.3, 0.4) is 0 Å². The first-order chi connectivity index (χ1) is 14.0. The highest BCUT2D eigenvalue weighted by Gasteiger charge is 2.29. The fourth-order valence-corrected chi connectivity index (χ4v) is 3.99. The monoisotopic (exact) mass is 391 g/mol. The zero-order valence-corrected chi connectivity index (χ0v) is 17.4. The van der Waals surface area contributed by atoms with Crippen LogP contribution in [0.25, 0.3) is 0 Å². The number of aromatic nitrogens is 1. The molecule has 0 saturated carbocycles. The fourth-order valence-electron chi connectivity index (χ4n) is 3.99. The molecular weight excluding hydrogens is 362 g/mol. The summed E-state index contributed by atoms with van der Waals surface area (Å²) in [5.74, 6) is 1.46. The molecule has 1 aliphatic heterocycles. The summed E-state index contributed by atoms with van der Waals surface area (Å²) < 4.78 is 8.23. The Kier molecular flexibility index (Phi) is 5.58. The van der Waals surface area contributed by atoms with E-state index in [9.17, 15) is 4.79 Å². The highest BCUT2D eigenvalue weighted by Crippen LogP contribution is 2.34. The molecule has 1 amide bonds. The van der Waals surface area contributed by atoms with Crippen molar-refractivity contribution in [1.82, 2.24) is 14.8 Å². The van der Waals surface area contributed by atoms with E-state index in [4.69, 9.17) is 4.42 Å². The van der Waals surface area contributed by atoms with Gasteiger partial charge in [0.05, 0.1) is 12.6 Å². The van der Waals surface area contributed by atoms with E-state index in [1.807, 2.05) is 6.07 Å². The van der Waals surface area contributed by atoms with Gasteiger partial charge in [0, 0.05) is 31.5 Å². The van der Waals surface area contributed by atoms with Gasteiger partial charge in [-0.2, -0.15) is 0 Å². The third-order valence-electron chi connectivity index (χ3n) is 5.41. The van der Waals surface area contributed by atoms with Gasteiger partial charge in [0.1, 0.15) is 5.76 Å². The molecule has 0 radical (unpaired) electrons. The van der Waals surface area contributed by atoms with Crippen molar-refractivity contribution in [2.45, 2.75) is 39.9 Å². The molecule has 0 aliphatic carbocycles. The van der Waals surface area contributed by atoms with E-state index in [2.05, 4.69) is 78.2 Å². The Morgan fingerprint density at radius 2 is 2.03 bits per heavy atom. The molecule has 3 heterocycles. The molecule has 1 atom stereocenters. The van der Waals surface area contributed by atoms with Gasteiger partial charge in [-0.05, 0) is 42.7 Å². The van der Waals surface area contributed by atoms with Crippen LogP contribution in [0.2, 0.25) is 0 Å². The predicted molar refractivity (Wildman–Crippen MR) is 114 cm³/mol. The Morgan fingerprint density at radius 1 is 1.17 bits per heavy atom. The van der Waals surface area contributed by atoms with E-state index in [1.165, 1.54) is 16.8 Å². The number of carbonyl (C=O) groups is 1. The summed E-state index contributed by atoms with van der Waals surface area (Å²) in [4.78, 5) is 14.7. The molecule has 4 rings (SSSR count). The molecule has 1 aliphatic rings. The topological polar surface area (TPSA) is 50.4 Å². The summed E-state index contributed by atoms with van der Waals surface area (Å²) in [6, 6.07) is 16.9. The molecule has 1 N–H and O–H groups in total. The number of fused-ring (bicyclic) bond motifs is 1. The second kappa shape index (κ2) is 8.29. The van der Waals surface area contributed by atoms with Crippen LogP contribution in [0.1, 0.15) is 53.0 Å². The minimum absolute atomic E-state index is 0.146. The maximum absolute atomic E-state index is 12.3. The van der Waals surface area contributed by atoms with Gasteiger partial charge in [0.25, 0.3) is 5.91 Å². The first kappa shape index (κ1) is 19.5. The van der Waals surface area contributed by atoms with Gasteiger partial charge in [-0.1, -0.05) is 43.7 Å². The second-order valence-electron chi connectivity index (χ2n) is 8.28. The van der Waals surface area contributed by atoms with Crippen LogP contribution < -0.4 is 5.32 Å². The normalized spacial score (nSPS) is 16.8. The van der Waals surface area contributed by atoms with E-state index in [0.29, 0.717) is 24.8 Å². The molecule has 0 fully saturated rings. The van der Waals surface area contributed by atoms with E-state index in [0.717, 1.165) is 18.8 Å². The minimum atomic E-state index is -0.146.